The summed E-state index contributed by atoms with van der Waals surface area (Å²) in [7, 11) is 0. The monoisotopic (exact) mass is 436 g/mol. The van der Waals surface area contributed by atoms with E-state index in [2.05, 4.69) is 54.6 Å². The van der Waals surface area contributed by atoms with E-state index in [1.807, 2.05) is 48.5 Å². The highest BCUT2D eigenvalue weighted by atomic mass is 16.5. The van der Waals surface area contributed by atoms with Crippen molar-refractivity contribution in [3.05, 3.63) is 103 Å². The van der Waals surface area contributed by atoms with Crippen molar-refractivity contribution in [3.63, 3.8) is 0 Å². The third kappa shape index (κ3) is 2.32. The minimum atomic E-state index is 0.0557. The molecule has 3 nitrogen and oxygen atoms in total. The average molecular weight is 436 g/mol. The van der Waals surface area contributed by atoms with E-state index in [9.17, 15) is 0 Å². The van der Waals surface area contributed by atoms with Crippen molar-refractivity contribution in [1.82, 2.24) is 0 Å². The van der Waals surface area contributed by atoms with Gasteiger partial charge in [0.2, 0.25) is 0 Å². The van der Waals surface area contributed by atoms with Crippen LogP contribution < -0.4 is 25.9 Å². The van der Waals surface area contributed by atoms with Gasteiger partial charge in [0.1, 0.15) is 34.2 Å². The molecule has 0 N–H and O–H groups in total. The van der Waals surface area contributed by atoms with Gasteiger partial charge in [0, 0.05) is 21.8 Å². The van der Waals surface area contributed by atoms with Crippen LogP contribution in [0.1, 0.15) is 0 Å². The molecule has 0 spiro atoms. The molecular formula is C30H17BO3. The molecule has 2 aliphatic heterocycles. The lowest BCUT2D eigenvalue weighted by atomic mass is 9.34. The number of ether oxygens (including phenoxy) is 2. The predicted octanol–water partition coefficient (Wildman–Crippen LogP) is 5.98. The number of para-hydroxylation sites is 3. The Morgan fingerprint density at radius 3 is 2.15 bits per heavy atom. The predicted molar refractivity (Wildman–Crippen MR) is 137 cm³/mol. The van der Waals surface area contributed by atoms with Gasteiger partial charge in [-0.2, -0.15) is 0 Å². The minimum absolute atomic E-state index is 0.0557. The summed E-state index contributed by atoms with van der Waals surface area (Å²) in [5, 5.41) is 2.22. The van der Waals surface area contributed by atoms with Crippen LogP contribution >= 0.6 is 0 Å². The molecule has 1 aromatic heterocycles. The van der Waals surface area contributed by atoms with Crippen molar-refractivity contribution in [2.45, 2.75) is 0 Å². The van der Waals surface area contributed by atoms with Gasteiger partial charge in [-0.05, 0) is 46.8 Å². The van der Waals surface area contributed by atoms with Gasteiger partial charge in [-0.1, -0.05) is 72.8 Å². The fourth-order valence-corrected chi connectivity index (χ4v) is 5.61. The van der Waals surface area contributed by atoms with E-state index in [-0.39, 0.29) is 6.71 Å². The molecule has 5 aromatic carbocycles. The van der Waals surface area contributed by atoms with Gasteiger partial charge in [0.25, 0.3) is 6.71 Å². The maximum atomic E-state index is 6.65. The van der Waals surface area contributed by atoms with E-state index >= 15 is 0 Å². The number of hydrogen-bond donors (Lipinski definition) is 0. The Morgan fingerprint density at radius 1 is 0.500 bits per heavy atom. The Kier molecular flexibility index (Phi) is 3.48. The normalized spacial score (nSPS) is 13.1. The molecule has 0 bridgehead atoms. The largest absolute Gasteiger partial charge is 0.458 e. The summed E-state index contributed by atoms with van der Waals surface area (Å²) in [4.78, 5) is 0. The zero-order valence-corrected chi connectivity index (χ0v) is 18.1. The molecule has 34 heavy (non-hydrogen) atoms. The van der Waals surface area contributed by atoms with Gasteiger partial charge >= 0.3 is 0 Å². The van der Waals surface area contributed by atoms with Gasteiger partial charge in [0.05, 0.1) is 0 Å². The zero-order chi connectivity index (χ0) is 22.2. The number of benzene rings is 5. The minimum Gasteiger partial charge on any atom is -0.458 e. The second-order valence-corrected chi connectivity index (χ2v) is 8.84. The van der Waals surface area contributed by atoms with Crippen LogP contribution in [-0.2, 0) is 0 Å². The third-order valence-corrected chi connectivity index (χ3v) is 7.03. The molecule has 158 valence electrons. The van der Waals surface area contributed by atoms with Gasteiger partial charge in [-0.25, -0.2) is 0 Å². The van der Waals surface area contributed by atoms with Crippen LogP contribution in [0.3, 0.4) is 0 Å². The van der Waals surface area contributed by atoms with Gasteiger partial charge in [-0.15, -0.1) is 0 Å². The van der Waals surface area contributed by atoms with Gasteiger partial charge in [-0.3, -0.25) is 0 Å². The van der Waals surface area contributed by atoms with Crippen LogP contribution in [0.2, 0.25) is 0 Å². The topological polar surface area (TPSA) is 31.6 Å². The van der Waals surface area contributed by atoms with E-state index in [1.165, 1.54) is 0 Å². The summed E-state index contributed by atoms with van der Waals surface area (Å²) >= 11 is 0. The number of rotatable bonds is 1. The molecule has 6 aromatic rings. The Morgan fingerprint density at radius 2 is 1.18 bits per heavy atom. The van der Waals surface area contributed by atoms with E-state index in [0.29, 0.717) is 0 Å². The first-order chi connectivity index (χ1) is 16.9. The molecule has 2 aliphatic rings. The maximum Gasteiger partial charge on any atom is 0.260 e. The summed E-state index contributed by atoms with van der Waals surface area (Å²) in [6.07, 6.45) is 0. The van der Waals surface area contributed by atoms with E-state index in [1.54, 1.807) is 0 Å². The van der Waals surface area contributed by atoms with Crippen molar-refractivity contribution in [2.24, 2.45) is 0 Å². The molecule has 0 saturated carbocycles. The lowest BCUT2D eigenvalue weighted by Crippen LogP contribution is -2.57. The lowest BCUT2D eigenvalue weighted by Gasteiger charge is -2.33. The highest BCUT2D eigenvalue weighted by Crippen LogP contribution is 2.43. The SMILES string of the molecule is c1ccc2c(c1)Oc1cccc3c1B2c1cccc(-c2cccc4oc5ccccc5c24)c1O3. The smallest absolute Gasteiger partial charge is 0.260 e. The lowest BCUT2D eigenvalue weighted by molar-refractivity contribution is 0.465. The zero-order valence-electron chi connectivity index (χ0n) is 18.1. The molecule has 0 unspecified atom stereocenters. The molecule has 0 amide bonds. The quantitative estimate of drug-likeness (QED) is 0.297. The van der Waals surface area contributed by atoms with Crippen molar-refractivity contribution < 1.29 is 13.9 Å². The summed E-state index contributed by atoms with van der Waals surface area (Å²) < 4.78 is 19.1. The summed E-state index contributed by atoms with van der Waals surface area (Å²) in [5.41, 5.74) is 7.36. The first-order valence-corrected chi connectivity index (χ1v) is 11.5. The molecule has 0 atom stereocenters. The van der Waals surface area contributed by atoms with Crippen LogP contribution in [0.5, 0.6) is 23.0 Å². The van der Waals surface area contributed by atoms with E-state index in [0.717, 1.165) is 72.5 Å². The summed E-state index contributed by atoms with van der Waals surface area (Å²) in [6, 6.07) is 35.3. The Hall–Kier alpha value is -4.44. The van der Waals surface area contributed by atoms with Crippen LogP contribution in [0, 0.1) is 0 Å². The molecule has 3 heterocycles. The molecular weight excluding hydrogens is 419 g/mol. The average Bonchev–Trinajstić information content (AvgIpc) is 3.27. The standard InChI is InChI=1S/C30H17BO3/c1-3-13-23-20(8-1)28-18(9-6-15-25(28)32-23)19-10-5-12-22-30(19)34-27-17-7-16-26-29(27)31(22)21-11-2-4-14-24(21)33-26/h1-17H. The van der Waals surface area contributed by atoms with Crippen molar-refractivity contribution in [3.8, 4) is 34.1 Å². The second-order valence-electron chi connectivity index (χ2n) is 8.84. The van der Waals surface area contributed by atoms with E-state index in [4.69, 9.17) is 13.9 Å². The fraction of sp³-hybridized carbons (Fsp3) is 0. The fourth-order valence-electron chi connectivity index (χ4n) is 5.61. The molecule has 8 rings (SSSR count). The Bertz CT molecular complexity index is 1780. The third-order valence-electron chi connectivity index (χ3n) is 7.03. The maximum absolute atomic E-state index is 6.65. The van der Waals surface area contributed by atoms with Crippen LogP contribution in [0.15, 0.2) is 108 Å². The second kappa shape index (κ2) is 6.55. The van der Waals surface area contributed by atoms with Crippen LogP contribution in [0.25, 0.3) is 33.1 Å². The molecule has 0 saturated heterocycles. The highest BCUT2D eigenvalue weighted by molar-refractivity contribution is 6.98. The van der Waals surface area contributed by atoms with Crippen LogP contribution in [0.4, 0.5) is 0 Å². The van der Waals surface area contributed by atoms with Crippen LogP contribution in [-0.4, -0.2) is 6.71 Å². The first-order valence-electron chi connectivity index (χ1n) is 11.5. The number of furan rings is 1. The summed E-state index contributed by atoms with van der Waals surface area (Å²) in [5.74, 6) is 3.51. The Labute approximate surface area is 196 Å². The van der Waals surface area contributed by atoms with Crippen molar-refractivity contribution in [1.29, 1.82) is 0 Å². The highest BCUT2D eigenvalue weighted by Gasteiger charge is 2.40. The summed E-state index contributed by atoms with van der Waals surface area (Å²) in [6.45, 7) is 0.0557. The molecule has 0 aliphatic carbocycles. The number of hydrogen-bond acceptors (Lipinski definition) is 3. The molecule has 0 fully saturated rings. The Balaban J connectivity index is 1.44. The van der Waals surface area contributed by atoms with Crippen molar-refractivity contribution >= 4 is 45.0 Å². The first kappa shape index (κ1) is 18.0. The number of fused-ring (bicyclic) bond motifs is 7. The van der Waals surface area contributed by atoms with Gasteiger partial charge < -0.3 is 13.9 Å². The van der Waals surface area contributed by atoms with Crippen molar-refractivity contribution in [2.75, 3.05) is 0 Å². The van der Waals surface area contributed by atoms with E-state index < -0.39 is 0 Å². The van der Waals surface area contributed by atoms with Gasteiger partial charge in [0.15, 0.2) is 0 Å². The molecule has 0 radical (unpaired) electrons. The molecule has 4 heteroatoms.